The highest BCUT2D eigenvalue weighted by Crippen LogP contribution is 2.13. The van der Waals surface area contributed by atoms with Gasteiger partial charge in [-0.1, -0.05) is 27.2 Å². The Morgan fingerprint density at radius 3 is 2.56 bits per heavy atom. The number of hydrogen-bond acceptors (Lipinski definition) is 3. The number of nitrogens with zero attached hydrogens (tertiary/aromatic N) is 1. The van der Waals surface area contributed by atoms with Crippen molar-refractivity contribution in [1.29, 1.82) is 0 Å². The minimum absolute atomic E-state index is 0.189. The highest BCUT2D eigenvalue weighted by Gasteiger charge is 2.26. The monoisotopic (exact) mass is 276 g/mol. The van der Waals surface area contributed by atoms with Crippen molar-refractivity contribution in [2.24, 2.45) is 5.92 Å². The Kier molecular flexibility index (Phi) is 6.60. The molecule has 1 atom stereocenters. The Hall–Kier alpha value is -0.130. The van der Waals surface area contributed by atoms with Crippen molar-refractivity contribution in [3.8, 4) is 0 Å². The Bertz CT molecular complexity index is 322. The maximum atomic E-state index is 12.3. The molecule has 0 saturated carbocycles. The molecule has 1 N–H and O–H groups in total. The van der Waals surface area contributed by atoms with E-state index in [9.17, 15) is 8.42 Å². The molecule has 1 aliphatic heterocycles. The Labute approximate surface area is 112 Å². The van der Waals surface area contributed by atoms with Crippen molar-refractivity contribution >= 4 is 10.0 Å². The SMILES string of the molecule is CCCN(CC1CCCCN1)S(=O)(=O)CC(C)C. The molecule has 5 heteroatoms. The van der Waals surface area contributed by atoms with E-state index in [2.05, 4.69) is 5.32 Å². The number of hydrogen-bond donors (Lipinski definition) is 1. The molecule has 18 heavy (non-hydrogen) atoms. The van der Waals surface area contributed by atoms with Gasteiger partial charge in [0.2, 0.25) is 10.0 Å². The molecule has 0 aliphatic carbocycles. The normalized spacial score (nSPS) is 21.7. The van der Waals surface area contributed by atoms with Crippen LogP contribution in [0, 0.1) is 5.92 Å². The van der Waals surface area contributed by atoms with Gasteiger partial charge >= 0.3 is 0 Å². The zero-order chi connectivity index (χ0) is 13.6. The molecular formula is C13H28N2O2S. The van der Waals surface area contributed by atoms with Crippen LogP contribution in [0.5, 0.6) is 0 Å². The third-order valence-corrected chi connectivity index (χ3v) is 5.45. The lowest BCUT2D eigenvalue weighted by molar-refractivity contribution is 0.311. The molecule has 1 fully saturated rings. The largest absolute Gasteiger partial charge is 0.313 e. The van der Waals surface area contributed by atoms with Crippen molar-refractivity contribution in [2.75, 3.05) is 25.4 Å². The van der Waals surface area contributed by atoms with E-state index in [1.807, 2.05) is 20.8 Å². The Morgan fingerprint density at radius 2 is 2.06 bits per heavy atom. The van der Waals surface area contributed by atoms with Gasteiger partial charge in [-0.25, -0.2) is 12.7 Å². The summed E-state index contributed by atoms with van der Waals surface area (Å²) in [5.74, 6) is 0.452. The lowest BCUT2D eigenvalue weighted by Gasteiger charge is -2.30. The number of rotatable bonds is 7. The highest BCUT2D eigenvalue weighted by atomic mass is 32.2. The lowest BCUT2D eigenvalue weighted by atomic mass is 10.1. The van der Waals surface area contributed by atoms with Crippen LogP contribution < -0.4 is 5.32 Å². The second-order valence-electron chi connectivity index (χ2n) is 5.68. The van der Waals surface area contributed by atoms with Gasteiger partial charge in [-0.3, -0.25) is 0 Å². The van der Waals surface area contributed by atoms with Crippen molar-refractivity contribution in [3.63, 3.8) is 0 Å². The molecule has 0 radical (unpaired) electrons. The van der Waals surface area contributed by atoms with Gasteiger partial charge < -0.3 is 5.32 Å². The summed E-state index contributed by atoms with van der Waals surface area (Å²) < 4.78 is 26.3. The second kappa shape index (κ2) is 7.46. The van der Waals surface area contributed by atoms with E-state index in [0.717, 1.165) is 19.4 Å². The third-order valence-electron chi connectivity index (χ3n) is 3.25. The molecule has 0 aromatic rings. The van der Waals surface area contributed by atoms with Crippen LogP contribution >= 0.6 is 0 Å². The summed E-state index contributed by atoms with van der Waals surface area (Å²) in [7, 11) is -3.09. The van der Waals surface area contributed by atoms with Crippen LogP contribution in [0.2, 0.25) is 0 Å². The maximum absolute atomic E-state index is 12.3. The Morgan fingerprint density at radius 1 is 1.33 bits per heavy atom. The zero-order valence-corrected chi connectivity index (χ0v) is 12.8. The smallest absolute Gasteiger partial charge is 0.214 e. The predicted molar refractivity (Wildman–Crippen MR) is 76.1 cm³/mol. The first kappa shape index (κ1) is 15.9. The quantitative estimate of drug-likeness (QED) is 0.772. The first-order valence-electron chi connectivity index (χ1n) is 7.17. The van der Waals surface area contributed by atoms with Gasteiger partial charge in [-0.05, 0) is 31.7 Å². The molecular weight excluding hydrogens is 248 g/mol. The molecule has 0 amide bonds. The fourth-order valence-electron chi connectivity index (χ4n) is 2.45. The molecule has 0 bridgehead atoms. The van der Waals surface area contributed by atoms with Crippen LogP contribution in [0.4, 0.5) is 0 Å². The minimum Gasteiger partial charge on any atom is -0.313 e. The first-order valence-corrected chi connectivity index (χ1v) is 8.77. The second-order valence-corrected chi connectivity index (χ2v) is 7.69. The van der Waals surface area contributed by atoms with E-state index in [1.165, 1.54) is 12.8 Å². The number of nitrogens with one attached hydrogen (secondary N) is 1. The first-order chi connectivity index (χ1) is 8.45. The van der Waals surface area contributed by atoms with E-state index < -0.39 is 10.0 Å². The molecule has 0 aromatic heterocycles. The molecule has 4 nitrogen and oxygen atoms in total. The Balaban J connectivity index is 2.62. The number of piperidine rings is 1. The topological polar surface area (TPSA) is 49.4 Å². The molecule has 1 heterocycles. The van der Waals surface area contributed by atoms with Gasteiger partial charge in [0.25, 0.3) is 0 Å². The molecule has 1 saturated heterocycles. The molecule has 1 aliphatic rings. The summed E-state index contributed by atoms with van der Waals surface area (Å²) in [5, 5.41) is 3.43. The van der Waals surface area contributed by atoms with E-state index >= 15 is 0 Å². The fraction of sp³-hybridized carbons (Fsp3) is 1.00. The van der Waals surface area contributed by atoms with Crippen LogP contribution in [0.25, 0.3) is 0 Å². The van der Waals surface area contributed by atoms with Gasteiger partial charge in [0.05, 0.1) is 5.75 Å². The van der Waals surface area contributed by atoms with Crippen molar-refractivity contribution in [2.45, 2.75) is 52.5 Å². The summed E-state index contributed by atoms with van der Waals surface area (Å²) in [6, 6.07) is 0.340. The van der Waals surface area contributed by atoms with Crippen LogP contribution in [0.3, 0.4) is 0 Å². The highest BCUT2D eigenvalue weighted by molar-refractivity contribution is 7.89. The molecule has 0 spiro atoms. The van der Waals surface area contributed by atoms with E-state index in [4.69, 9.17) is 0 Å². The maximum Gasteiger partial charge on any atom is 0.214 e. The molecule has 1 rings (SSSR count). The van der Waals surface area contributed by atoms with Crippen molar-refractivity contribution in [1.82, 2.24) is 9.62 Å². The predicted octanol–water partition coefficient (Wildman–Crippen LogP) is 1.83. The van der Waals surface area contributed by atoms with Crippen LogP contribution in [0.15, 0.2) is 0 Å². The average Bonchev–Trinajstić information content (AvgIpc) is 2.28. The van der Waals surface area contributed by atoms with Gasteiger partial charge in [0.1, 0.15) is 0 Å². The van der Waals surface area contributed by atoms with E-state index in [1.54, 1.807) is 4.31 Å². The minimum atomic E-state index is -3.09. The summed E-state index contributed by atoms with van der Waals surface area (Å²) >= 11 is 0. The molecule has 0 aromatic carbocycles. The lowest BCUT2D eigenvalue weighted by Crippen LogP contribution is -2.46. The summed E-state index contributed by atoms with van der Waals surface area (Å²) in [6.07, 6.45) is 4.40. The number of sulfonamides is 1. The van der Waals surface area contributed by atoms with Gasteiger partial charge in [-0.2, -0.15) is 0 Å². The molecule has 108 valence electrons. The van der Waals surface area contributed by atoms with Crippen molar-refractivity contribution < 1.29 is 8.42 Å². The summed E-state index contributed by atoms with van der Waals surface area (Å²) in [5.41, 5.74) is 0. The average molecular weight is 276 g/mol. The van der Waals surface area contributed by atoms with Gasteiger partial charge in [0, 0.05) is 19.1 Å². The van der Waals surface area contributed by atoms with E-state index in [-0.39, 0.29) is 11.7 Å². The van der Waals surface area contributed by atoms with Gasteiger partial charge in [-0.15, -0.1) is 0 Å². The zero-order valence-electron chi connectivity index (χ0n) is 12.0. The standard InChI is InChI=1S/C13H28N2O2S/c1-4-9-15(18(16,17)11-12(2)3)10-13-7-5-6-8-14-13/h12-14H,4-11H2,1-3H3. The summed E-state index contributed by atoms with van der Waals surface area (Å²) in [4.78, 5) is 0. The van der Waals surface area contributed by atoms with E-state index in [0.29, 0.717) is 19.1 Å². The van der Waals surface area contributed by atoms with Crippen molar-refractivity contribution in [3.05, 3.63) is 0 Å². The molecule has 1 unspecified atom stereocenters. The van der Waals surface area contributed by atoms with Crippen LogP contribution in [0.1, 0.15) is 46.5 Å². The van der Waals surface area contributed by atoms with Gasteiger partial charge in [0.15, 0.2) is 0 Å². The van der Waals surface area contributed by atoms with Crippen LogP contribution in [-0.2, 0) is 10.0 Å². The fourth-order valence-corrected chi connectivity index (χ4v) is 4.37. The summed E-state index contributed by atoms with van der Waals surface area (Å²) in [6.45, 7) is 8.26. The van der Waals surface area contributed by atoms with Crippen LogP contribution in [-0.4, -0.2) is 44.2 Å². The third kappa shape index (κ3) is 5.24.